The highest BCUT2D eigenvalue weighted by Gasteiger charge is 2.11. The number of benzene rings is 2. The number of ether oxygens (including phenoxy) is 1. The quantitative estimate of drug-likeness (QED) is 0.475. The van der Waals surface area contributed by atoms with E-state index in [0.29, 0.717) is 11.3 Å². The molecule has 0 aliphatic rings. The lowest BCUT2D eigenvalue weighted by molar-refractivity contribution is 0.0600. The first-order chi connectivity index (χ1) is 13.2. The van der Waals surface area contributed by atoms with Crippen molar-refractivity contribution >= 4 is 17.7 Å². The van der Waals surface area contributed by atoms with Crippen LogP contribution in [0.15, 0.2) is 66.0 Å². The molecule has 0 radical (unpaired) electrons. The van der Waals surface area contributed by atoms with E-state index in [-0.39, 0.29) is 12.6 Å². The Morgan fingerprint density at radius 1 is 1.15 bits per heavy atom. The average molecular weight is 382 g/mol. The number of aromatic nitrogens is 2. The van der Waals surface area contributed by atoms with Gasteiger partial charge in [0, 0.05) is 12.3 Å². The Hall–Kier alpha value is -2.57. The fourth-order valence-corrected chi connectivity index (χ4v) is 3.78. The number of hydrogen-bond acceptors (Lipinski definition) is 5. The number of thioether (sulfide) groups is 1. The van der Waals surface area contributed by atoms with E-state index in [1.807, 2.05) is 36.4 Å². The van der Waals surface area contributed by atoms with Gasteiger partial charge in [-0.25, -0.2) is 9.78 Å². The summed E-state index contributed by atoms with van der Waals surface area (Å²) >= 11 is 1.59. The van der Waals surface area contributed by atoms with Crippen LogP contribution in [-0.4, -0.2) is 27.7 Å². The second-order valence-corrected chi connectivity index (χ2v) is 7.00. The highest BCUT2D eigenvalue weighted by atomic mass is 32.2. The zero-order valence-corrected chi connectivity index (χ0v) is 16.0. The van der Waals surface area contributed by atoms with Crippen molar-refractivity contribution in [2.75, 3.05) is 7.11 Å². The zero-order chi connectivity index (χ0) is 19.1. The van der Waals surface area contributed by atoms with Crippen molar-refractivity contribution in [2.45, 2.75) is 30.5 Å². The van der Waals surface area contributed by atoms with Crippen molar-refractivity contribution in [3.8, 4) is 0 Å². The van der Waals surface area contributed by atoms with Gasteiger partial charge < -0.3 is 14.4 Å². The number of aryl methyl sites for hydroxylation is 1. The summed E-state index contributed by atoms with van der Waals surface area (Å²) in [6, 6.07) is 17.7. The molecule has 1 aromatic heterocycles. The van der Waals surface area contributed by atoms with Crippen LogP contribution in [0.25, 0.3) is 0 Å². The van der Waals surface area contributed by atoms with E-state index in [9.17, 15) is 9.90 Å². The van der Waals surface area contributed by atoms with Crippen LogP contribution in [0.4, 0.5) is 0 Å². The van der Waals surface area contributed by atoms with Crippen molar-refractivity contribution in [1.29, 1.82) is 0 Å². The van der Waals surface area contributed by atoms with Crippen molar-refractivity contribution in [2.24, 2.45) is 0 Å². The second-order valence-electron chi connectivity index (χ2n) is 6.06. The Kier molecular flexibility index (Phi) is 6.68. The molecule has 0 atom stereocenters. The van der Waals surface area contributed by atoms with E-state index in [1.54, 1.807) is 24.0 Å². The minimum atomic E-state index is -0.339. The zero-order valence-electron chi connectivity index (χ0n) is 15.2. The van der Waals surface area contributed by atoms with E-state index >= 15 is 0 Å². The summed E-state index contributed by atoms with van der Waals surface area (Å²) in [6.07, 6.45) is 2.59. The molecular weight excluding hydrogens is 360 g/mol. The third kappa shape index (κ3) is 4.99. The van der Waals surface area contributed by atoms with Gasteiger partial charge in [-0.1, -0.05) is 54.2 Å². The maximum absolute atomic E-state index is 11.7. The maximum atomic E-state index is 11.7. The first-order valence-corrected chi connectivity index (χ1v) is 9.69. The van der Waals surface area contributed by atoms with E-state index in [4.69, 9.17) is 4.74 Å². The van der Waals surface area contributed by atoms with Gasteiger partial charge in [0.1, 0.15) is 0 Å². The predicted octanol–water partition coefficient (Wildman–Crippen LogP) is 3.70. The molecular formula is C21H22N2O3S. The van der Waals surface area contributed by atoms with Gasteiger partial charge in [0.2, 0.25) is 0 Å². The molecule has 1 heterocycles. The Morgan fingerprint density at radius 3 is 2.67 bits per heavy atom. The van der Waals surface area contributed by atoms with Gasteiger partial charge >= 0.3 is 5.97 Å². The number of carbonyl (C=O) groups is 1. The lowest BCUT2D eigenvalue weighted by Crippen LogP contribution is -2.07. The van der Waals surface area contributed by atoms with Crippen LogP contribution in [-0.2, 0) is 30.1 Å². The molecule has 0 amide bonds. The largest absolute Gasteiger partial charge is 0.465 e. The second kappa shape index (κ2) is 9.39. The Morgan fingerprint density at radius 2 is 1.93 bits per heavy atom. The summed E-state index contributed by atoms with van der Waals surface area (Å²) in [6.45, 7) is 0.713. The summed E-state index contributed by atoms with van der Waals surface area (Å²) in [4.78, 5) is 16.1. The van der Waals surface area contributed by atoms with Crippen molar-refractivity contribution in [1.82, 2.24) is 9.55 Å². The lowest BCUT2D eigenvalue weighted by Gasteiger charge is -2.11. The normalized spacial score (nSPS) is 10.7. The summed E-state index contributed by atoms with van der Waals surface area (Å²) < 4.78 is 6.83. The molecule has 0 spiro atoms. The Bertz CT molecular complexity index is 893. The van der Waals surface area contributed by atoms with Crippen molar-refractivity contribution in [3.63, 3.8) is 0 Å². The molecule has 1 N–H and O–H groups in total. The molecule has 140 valence electrons. The van der Waals surface area contributed by atoms with E-state index in [0.717, 1.165) is 29.4 Å². The minimum Gasteiger partial charge on any atom is -0.465 e. The molecule has 0 aliphatic heterocycles. The third-order valence-electron chi connectivity index (χ3n) is 4.25. The SMILES string of the molecule is COC(=O)c1cccc(CSc2ncc(CO)n2CCc2ccccc2)c1. The number of carbonyl (C=O) groups excluding carboxylic acids is 1. The number of esters is 1. The van der Waals surface area contributed by atoms with Crippen LogP contribution in [0.3, 0.4) is 0 Å². The molecule has 0 unspecified atom stereocenters. The molecule has 0 fully saturated rings. The molecule has 2 aromatic carbocycles. The van der Waals surface area contributed by atoms with Gasteiger partial charge in [-0.3, -0.25) is 0 Å². The van der Waals surface area contributed by atoms with E-state index in [1.165, 1.54) is 12.7 Å². The van der Waals surface area contributed by atoms with Crippen molar-refractivity contribution in [3.05, 3.63) is 83.2 Å². The fourth-order valence-electron chi connectivity index (χ4n) is 2.81. The lowest BCUT2D eigenvalue weighted by atomic mass is 10.1. The average Bonchev–Trinajstić information content (AvgIpc) is 3.13. The van der Waals surface area contributed by atoms with Crippen LogP contribution in [0.1, 0.15) is 27.2 Å². The minimum absolute atomic E-state index is 0.0415. The molecule has 5 nitrogen and oxygen atoms in total. The maximum Gasteiger partial charge on any atom is 0.337 e. The molecule has 0 saturated carbocycles. The van der Waals surface area contributed by atoms with Crippen LogP contribution in [0, 0.1) is 0 Å². The molecule has 6 heteroatoms. The first kappa shape index (κ1) is 19.2. The van der Waals surface area contributed by atoms with Gasteiger partial charge in [-0.05, 0) is 29.7 Å². The number of rotatable bonds is 8. The number of methoxy groups -OCH3 is 1. The summed E-state index contributed by atoms with van der Waals surface area (Å²) in [5.41, 5.74) is 3.61. The smallest absolute Gasteiger partial charge is 0.337 e. The van der Waals surface area contributed by atoms with Crippen LogP contribution < -0.4 is 0 Å². The van der Waals surface area contributed by atoms with E-state index in [2.05, 4.69) is 21.7 Å². The number of hydrogen-bond donors (Lipinski definition) is 1. The first-order valence-electron chi connectivity index (χ1n) is 8.70. The summed E-state index contributed by atoms with van der Waals surface area (Å²) in [5.74, 6) is 0.340. The van der Waals surface area contributed by atoms with Gasteiger partial charge in [-0.2, -0.15) is 0 Å². The number of imidazole rings is 1. The van der Waals surface area contributed by atoms with Crippen LogP contribution in [0.2, 0.25) is 0 Å². The Balaban J connectivity index is 1.70. The molecule has 27 heavy (non-hydrogen) atoms. The Labute approximate surface area is 163 Å². The van der Waals surface area contributed by atoms with E-state index < -0.39 is 0 Å². The van der Waals surface area contributed by atoms with Crippen molar-refractivity contribution < 1.29 is 14.6 Å². The highest BCUT2D eigenvalue weighted by molar-refractivity contribution is 7.98. The molecule has 0 saturated heterocycles. The summed E-state index contributed by atoms with van der Waals surface area (Å²) in [5, 5.41) is 10.5. The standard InChI is InChI=1S/C21H22N2O3S/c1-26-20(25)18-9-5-8-17(12-18)15-27-21-22-13-19(14-24)23(21)11-10-16-6-3-2-4-7-16/h2-9,12-13,24H,10-11,14-15H2,1H3. The number of aliphatic hydroxyl groups excluding tert-OH is 1. The van der Waals surface area contributed by atoms with Gasteiger partial charge in [0.25, 0.3) is 0 Å². The molecule has 3 aromatic rings. The predicted molar refractivity (Wildman–Crippen MR) is 106 cm³/mol. The number of aliphatic hydroxyl groups is 1. The van der Waals surface area contributed by atoms with Gasteiger partial charge in [-0.15, -0.1) is 0 Å². The topological polar surface area (TPSA) is 64.3 Å². The monoisotopic (exact) mass is 382 g/mol. The van der Waals surface area contributed by atoms with Crippen LogP contribution in [0.5, 0.6) is 0 Å². The molecule has 3 rings (SSSR count). The third-order valence-corrected chi connectivity index (χ3v) is 5.31. The molecule has 0 bridgehead atoms. The number of nitrogens with zero attached hydrogens (tertiary/aromatic N) is 2. The van der Waals surface area contributed by atoms with Gasteiger partial charge in [0.15, 0.2) is 5.16 Å². The van der Waals surface area contributed by atoms with Crippen LogP contribution >= 0.6 is 11.8 Å². The summed E-state index contributed by atoms with van der Waals surface area (Å²) in [7, 11) is 1.38. The highest BCUT2D eigenvalue weighted by Crippen LogP contribution is 2.24. The fraction of sp³-hybridized carbons (Fsp3) is 0.238. The van der Waals surface area contributed by atoms with Gasteiger partial charge in [0.05, 0.1) is 31.2 Å². The molecule has 0 aliphatic carbocycles.